The van der Waals surface area contributed by atoms with Crippen molar-refractivity contribution < 1.29 is 13.2 Å². The Bertz CT molecular complexity index is 683. The van der Waals surface area contributed by atoms with Crippen molar-refractivity contribution >= 4 is 28.7 Å². The van der Waals surface area contributed by atoms with E-state index in [4.69, 9.17) is 17.3 Å². The topological polar surface area (TPSA) is 50.9 Å². The summed E-state index contributed by atoms with van der Waals surface area (Å²) in [6.07, 6.45) is -4.41. The van der Waals surface area contributed by atoms with Gasteiger partial charge in [0, 0.05) is 5.69 Å². The first-order valence-corrected chi connectivity index (χ1v) is 6.21. The van der Waals surface area contributed by atoms with Gasteiger partial charge in [0.15, 0.2) is 0 Å². The molecule has 0 spiro atoms. The minimum absolute atomic E-state index is 0.214. The number of hydrogen-bond donors (Lipinski definition) is 2. The highest BCUT2D eigenvalue weighted by Crippen LogP contribution is 2.31. The van der Waals surface area contributed by atoms with Gasteiger partial charge in [0.05, 0.1) is 16.9 Å². The molecule has 1 heterocycles. The average molecular weight is 314 g/mol. The average Bonchev–Trinajstić information content (AvgIpc) is 2.41. The number of anilines is 2. The molecule has 110 valence electrons. The van der Waals surface area contributed by atoms with Gasteiger partial charge in [0.2, 0.25) is 0 Å². The van der Waals surface area contributed by atoms with Gasteiger partial charge >= 0.3 is 6.18 Å². The Morgan fingerprint density at radius 2 is 1.95 bits per heavy atom. The lowest BCUT2D eigenvalue weighted by atomic mass is 10.2. The Morgan fingerprint density at radius 3 is 2.62 bits per heavy atom. The predicted octanol–water partition coefficient (Wildman–Crippen LogP) is 4.42. The van der Waals surface area contributed by atoms with E-state index in [9.17, 15) is 13.2 Å². The van der Waals surface area contributed by atoms with Gasteiger partial charge in [0.25, 0.3) is 0 Å². The fraction of sp³-hybridized carbons (Fsp3) is 0.0714. The lowest BCUT2D eigenvalue weighted by Gasteiger charge is -2.13. The predicted molar refractivity (Wildman–Crippen MR) is 77.8 cm³/mol. The van der Waals surface area contributed by atoms with E-state index in [1.807, 2.05) is 0 Å². The second-order valence-electron chi connectivity index (χ2n) is 4.25. The maximum Gasteiger partial charge on any atom is 0.416 e. The van der Waals surface area contributed by atoms with Crippen LogP contribution in [0, 0.1) is 0 Å². The van der Waals surface area contributed by atoms with Crippen molar-refractivity contribution in [3.8, 4) is 0 Å². The molecule has 0 aliphatic carbocycles. The molecule has 0 unspecified atom stereocenters. The molecule has 0 amide bonds. The Morgan fingerprint density at radius 1 is 1.24 bits per heavy atom. The molecule has 3 N–H and O–H groups in total. The first-order valence-electron chi connectivity index (χ1n) is 5.83. The lowest BCUT2D eigenvalue weighted by molar-refractivity contribution is -0.137. The largest absolute Gasteiger partial charge is 0.416 e. The molecule has 0 atom stereocenters. The smallest absolute Gasteiger partial charge is 0.397 e. The van der Waals surface area contributed by atoms with E-state index in [0.29, 0.717) is 11.4 Å². The maximum atomic E-state index is 12.6. The molecule has 0 aliphatic rings. The molecule has 0 fully saturated rings. The Balaban J connectivity index is 2.26. The number of rotatable bonds is 3. The second-order valence-corrected chi connectivity index (χ2v) is 4.64. The van der Waals surface area contributed by atoms with Crippen molar-refractivity contribution in [1.29, 1.82) is 0 Å². The van der Waals surface area contributed by atoms with Crippen LogP contribution in [0.2, 0.25) is 5.15 Å². The minimum Gasteiger partial charge on any atom is -0.397 e. The third-order valence-corrected chi connectivity index (χ3v) is 2.87. The number of hydrogen-bond acceptors (Lipinski definition) is 3. The minimum atomic E-state index is -4.41. The van der Waals surface area contributed by atoms with Crippen LogP contribution in [0.1, 0.15) is 11.3 Å². The van der Waals surface area contributed by atoms with Crippen LogP contribution < -0.4 is 11.1 Å². The molecular formula is C14H11ClF3N3. The van der Waals surface area contributed by atoms with Gasteiger partial charge in [-0.15, -0.1) is 0 Å². The van der Waals surface area contributed by atoms with Crippen LogP contribution in [-0.2, 0) is 6.18 Å². The molecule has 21 heavy (non-hydrogen) atoms. The number of aromatic nitrogens is 1. The monoisotopic (exact) mass is 313 g/mol. The van der Waals surface area contributed by atoms with Crippen molar-refractivity contribution in [2.45, 2.75) is 6.18 Å². The molecule has 7 heteroatoms. The standard InChI is InChI=1S/C14H11ClF3N3/c1-8(13-11(19)5-6-12(15)21-13)20-10-4-2-3-9(7-10)14(16,17)18/h2-7,20H,1,19H2. The third-order valence-electron chi connectivity index (χ3n) is 2.66. The van der Waals surface area contributed by atoms with Crippen molar-refractivity contribution in [1.82, 2.24) is 4.98 Å². The number of benzene rings is 1. The quantitative estimate of drug-likeness (QED) is 0.825. The van der Waals surface area contributed by atoms with E-state index in [2.05, 4.69) is 16.9 Å². The highest BCUT2D eigenvalue weighted by atomic mass is 35.5. The van der Waals surface area contributed by atoms with E-state index in [1.165, 1.54) is 18.2 Å². The van der Waals surface area contributed by atoms with Crippen molar-refractivity contribution in [2.75, 3.05) is 11.1 Å². The third kappa shape index (κ3) is 3.66. The van der Waals surface area contributed by atoms with E-state index in [-0.39, 0.29) is 16.5 Å². The molecule has 1 aromatic heterocycles. The molecular weight excluding hydrogens is 303 g/mol. The molecule has 0 saturated heterocycles. The summed E-state index contributed by atoms with van der Waals surface area (Å²) in [5, 5.41) is 2.96. The van der Waals surface area contributed by atoms with Gasteiger partial charge in [-0.05, 0) is 30.3 Å². The normalized spacial score (nSPS) is 11.2. The van der Waals surface area contributed by atoms with Crippen LogP contribution in [0.3, 0.4) is 0 Å². The van der Waals surface area contributed by atoms with Gasteiger partial charge in [-0.3, -0.25) is 0 Å². The SMILES string of the molecule is C=C(Nc1cccc(C(F)(F)F)c1)c1nc(Cl)ccc1N. The molecule has 3 nitrogen and oxygen atoms in total. The van der Waals surface area contributed by atoms with Gasteiger partial charge in [-0.25, -0.2) is 4.98 Å². The number of pyridine rings is 1. The van der Waals surface area contributed by atoms with Gasteiger partial charge in [-0.1, -0.05) is 24.2 Å². The molecule has 2 aromatic rings. The molecule has 0 saturated carbocycles. The second kappa shape index (κ2) is 5.65. The molecule has 0 aliphatic heterocycles. The maximum absolute atomic E-state index is 12.6. The number of nitrogen functional groups attached to an aromatic ring is 1. The summed E-state index contributed by atoms with van der Waals surface area (Å²) >= 11 is 5.76. The van der Waals surface area contributed by atoms with Gasteiger partial charge < -0.3 is 11.1 Å². The Hall–Kier alpha value is -2.21. The van der Waals surface area contributed by atoms with Crippen LogP contribution in [0.15, 0.2) is 43.0 Å². The number of alkyl halides is 3. The van der Waals surface area contributed by atoms with Crippen LogP contribution in [0.4, 0.5) is 24.5 Å². The molecule has 0 bridgehead atoms. The van der Waals surface area contributed by atoms with E-state index < -0.39 is 11.7 Å². The van der Waals surface area contributed by atoms with Crippen molar-refractivity contribution in [3.63, 3.8) is 0 Å². The number of halogens is 4. The summed E-state index contributed by atoms with van der Waals surface area (Å²) in [5.41, 5.74) is 6.09. The Labute approximate surface area is 124 Å². The van der Waals surface area contributed by atoms with E-state index in [1.54, 1.807) is 6.07 Å². The van der Waals surface area contributed by atoms with Gasteiger partial charge in [-0.2, -0.15) is 13.2 Å². The van der Waals surface area contributed by atoms with Crippen LogP contribution in [-0.4, -0.2) is 4.98 Å². The fourth-order valence-electron chi connectivity index (χ4n) is 1.69. The zero-order valence-electron chi connectivity index (χ0n) is 10.7. The number of nitrogens with one attached hydrogen (secondary N) is 1. The molecule has 1 aromatic carbocycles. The van der Waals surface area contributed by atoms with Crippen LogP contribution >= 0.6 is 11.6 Å². The highest BCUT2D eigenvalue weighted by Gasteiger charge is 2.30. The zero-order chi connectivity index (χ0) is 15.6. The summed E-state index contributed by atoms with van der Waals surface area (Å²) in [6.45, 7) is 3.72. The summed E-state index contributed by atoms with van der Waals surface area (Å²) in [7, 11) is 0. The van der Waals surface area contributed by atoms with Crippen molar-refractivity contribution in [2.24, 2.45) is 0 Å². The Kier molecular flexibility index (Phi) is 4.09. The lowest BCUT2D eigenvalue weighted by Crippen LogP contribution is -2.07. The highest BCUT2D eigenvalue weighted by molar-refractivity contribution is 6.29. The number of nitrogens with two attached hydrogens (primary N) is 1. The first-order chi connectivity index (χ1) is 9.77. The summed E-state index contributed by atoms with van der Waals surface area (Å²) in [5.74, 6) is 0. The summed E-state index contributed by atoms with van der Waals surface area (Å²) in [6, 6.07) is 7.81. The molecule has 0 radical (unpaired) electrons. The van der Waals surface area contributed by atoms with E-state index in [0.717, 1.165) is 12.1 Å². The van der Waals surface area contributed by atoms with Crippen molar-refractivity contribution in [3.05, 3.63) is 59.4 Å². The van der Waals surface area contributed by atoms with Crippen LogP contribution in [0.5, 0.6) is 0 Å². The fourth-order valence-corrected chi connectivity index (χ4v) is 1.84. The first kappa shape index (κ1) is 15.2. The zero-order valence-corrected chi connectivity index (χ0v) is 11.5. The van der Waals surface area contributed by atoms with E-state index >= 15 is 0 Å². The van der Waals surface area contributed by atoms with Crippen LogP contribution in [0.25, 0.3) is 5.70 Å². The van der Waals surface area contributed by atoms with Gasteiger partial charge in [0.1, 0.15) is 10.8 Å². The summed E-state index contributed by atoms with van der Waals surface area (Å²) < 4.78 is 37.9. The summed E-state index contributed by atoms with van der Waals surface area (Å²) in [4.78, 5) is 4.00. The molecule has 2 rings (SSSR count). The number of nitrogens with zero attached hydrogens (tertiary/aromatic N) is 1.